The minimum atomic E-state index is -0.328. The number of hydrogen-bond acceptors (Lipinski definition) is 3. The van der Waals surface area contributed by atoms with Gasteiger partial charge in [0.2, 0.25) is 0 Å². The lowest BCUT2D eigenvalue weighted by atomic mass is 10.1. The van der Waals surface area contributed by atoms with E-state index in [1.807, 2.05) is 6.92 Å². The van der Waals surface area contributed by atoms with Crippen LogP contribution in [-0.2, 0) is 0 Å². The third kappa shape index (κ3) is 1.42. The van der Waals surface area contributed by atoms with Gasteiger partial charge in [-0.25, -0.2) is 4.39 Å². The second-order valence-electron chi connectivity index (χ2n) is 3.38. The molecule has 3 nitrogen and oxygen atoms in total. The van der Waals surface area contributed by atoms with Crippen LogP contribution in [0.3, 0.4) is 0 Å². The lowest BCUT2D eigenvalue weighted by Gasteiger charge is -2.31. The summed E-state index contributed by atoms with van der Waals surface area (Å²) in [6.45, 7) is 1.76. The quantitative estimate of drug-likeness (QED) is 0.714. The summed E-state index contributed by atoms with van der Waals surface area (Å²) >= 11 is 0. The maximum Gasteiger partial charge on any atom is 0.150 e. The highest BCUT2D eigenvalue weighted by atomic mass is 19.1. The fraction of sp³-hybridized carbons (Fsp3) is 0.400. The van der Waals surface area contributed by atoms with Gasteiger partial charge in [0.1, 0.15) is 23.4 Å². The maximum atomic E-state index is 13.3. The van der Waals surface area contributed by atoms with Crippen LogP contribution in [0.5, 0.6) is 5.75 Å². The fourth-order valence-corrected chi connectivity index (χ4v) is 1.52. The van der Waals surface area contributed by atoms with Crippen molar-refractivity contribution >= 4 is 5.69 Å². The Hall–Kier alpha value is -1.29. The monoisotopic (exact) mass is 197 g/mol. The van der Waals surface area contributed by atoms with Crippen LogP contribution in [0.25, 0.3) is 0 Å². The fourth-order valence-electron chi connectivity index (χ4n) is 1.52. The SMILES string of the molecule is CC1Nc2c(F)cccc2OC1CO. The average Bonchev–Trinajstić information content (AvgIpc) is 2.19. The Morgan fingerprint density at radius 1 is 1.57 bits per heavy atom. The molecule has 0 amide bonds. The largest absolute Gasteiger partial charge is 0.484 e. The number of fused-ring (bicyclic) bond motifs is 1. The van der Waals surface area contributed by atoms with Crippen molar-refractivity contribution in [1.29, 1.82) is 0 Å². The molecule has 2 rings (SSSR count). The molecule has 0 bridgehead atoms. The highest BCUT2D eigenvalue weighted by Crippen LogP contribution is 2.33. The smallest absolute Gasteiger partial charge is 0.150 e. The summed E-state index contributed by atoms with van der Waals surface area (Å²) in [5, 5.41) is 12.0. The number of anilines is 1. The molecule has 0 radical (unpaired) electrons. The molecule has 1 aromatic carbocycles. The van der Waals surface area contributed by atoms with Crippen molar-refractivity contribution < 1.29 is 14.2 Å². The predicted molar refractivity (Wildman–Crippen MR) is 51.0 cm³/mol. The Morgan fingerprint density at radius 3 is 3.07 bits per heavy atom. The zero-order valence-electron chi connectivity index (χ0n) is 7.83. The molecule has 0 saturated heterocycles. The van der Waals surface area contributed by atoms with Crippen LogP contribution in [0.4, 0.5) is 10.1 Å². The molecule has 2 N–H and O–H groups in total. The van der Waals surface area contributed by atoms with E-state index in [9.17, 15) is 4.39 Å². The van der Waals surface area contributed by atoms with Crippen LogP contribution < -0.4 is 10.1 Å². The minimum absolute atomic E-state index is 0.0792. The number of halogens is 1. The molecule has 1 aliphatic heterocycles. The summed E-state index contributed by atoms with van der Waals surface area (Å²) in [6, 6.07) is 4.55. The van der Waals surface area contributed by atoms with E-state index in [2.05, 4.69) is 5.32 Å². The van der Waals surface area contributed by atoms with Gasteiger partial charge in [-0.2, -0.15) is 0 Å². The molecule has 2 unspecified atom stereocenters. The van der Waals surface area contributed by atoms with Gasteiger partial charge >= 0.3 is 0 Å². The Balaban J connectivity index is 2.35. The van der Waals surface area contributed by atoms with Crippen molar-refractivity contribution in [2.24, 2.45) is 0 Å². The van der Waals surface area contributed by atoms with Gasteiger partial charge in [-0.3, -0.25) is 0 Å². The van der Waals surface area contributed by atoms with Crippen molar-refractivity contribution in [1.82, 2.24) is 0 Å². The number of hydrogen-bond donors (Lipinski definition) is 2. The van der Waals surface area contributed by atoms with Crippen LogP contribution >= 0.6 is 0 Å². The summed E-state index contributed by atoms with van der Waals surface area (Å²) in [5.41, 5.74) is 0.379. The van der Waals surface area contributed by atoms with Gasteiger partial charge in [0, 0.05) is 0 Å². The van der Waals surface area contributed by atoms with Gasteiger partial charge in [0.05, 0.1) is 12.6 Å². The molecule has 0 spiro atoms. The topological polar surface area (TPSA) is 41.5 Å². The third-order valence-electron chi connectivity index (χ3n) is 2.36. The predicted octanol–water partition coefficient (Wildman–Crippen LogP) is 1.38. The number of benzene rings is 1. The van der Waals surface area contributed by atoms with E-state index in [1.165, 1.54) is 6.07 Å². The number of para-hydroxylation sites is 1. The van der Waals surface area contributed by atoms with E-state index in [1.54, 1.807) is 12.1 Å². The first kappa shape index (κ1) is 9.27. The van der Waals surface area contributed by atoms with Gasteiger partial charge in [-0.15, -0.1) is 0 Å². The molecule has 0 fully saturated rings. The van der Waals surface area contributed by atoms with Gasteiger partial charge < -0.3 is 15.2 Å². The molecular weight excluding hydrogens is 185 g/mol. The molecule has 1 heterocycles. The van der Waals surface area contributed by atoms with Crippen molar-refractivity contribution in [3.8, 4) is 5.75 Å². The minimum Gasteiger partial charge on any atom is -0.484 e. The molecule has 0 saturated carbocycles. The normalized spacial score (nSPS) is 24.8. The second-order valence-corrected chi connectivity index (χ2v) is 3.38. The number of aliphatic hydroxyl groups is 1. The molecule has 4 heteroatoms. The number of rotatable bonds is 1. The summed E-state index contributed by atoms with van der Waals surface area (Å²) in [7, 11) is 0. The highest BCUT2D eigenvalue weighted by molar-refractivity contribution is 5.59. The summed E-state index contributed by atoms with van der Waals surface area (Å²) < 4.78 is 18.7. The second kappa shape index (κ2) is 3.46. The molecule has 76 valence electrons. The van der Waals surface area contributed by atoms with Crippen LogP contribution in [0.1, 0.15) is 6.92 Å². The Bertz CT molecular complexity index is 343. The lowest BCUT2D eigenvalue weighted by Crippen LogP contribution is -2.42. The van der Waals surface area contributed by atoms with E-state index in [-0.39, 0.29) is 24.6 Å². The lowest BCUT2D eigenvalue weighted by molar-refractivity contribution is 0.0971. The summed E-state index contributed by atoms with van der Waals surface area (Å²) in [4.78, 5) is 0. The Morgan fingerprint density at radius 2 is 2.36 bits per heavy atom. The Labute approximate surface area is 81.5 Å². The number of ether oxygens (including phenoxy) is 1. The standard InChI is InChI=1S/C10H12FNO2/c1-6-9(5-13)14-8-4-2-3-7(11)10(8)12-6/h2-4,6,9,12-13H,5H2,1H3. The van der Waals surface area contributed by atoms with Crippen LogP contribution in [0, 0.1) is 5.82 Å². The summed E-state index contributed by atoms with van der Waals surface area (Å²) in [5.74, 6) is 0.132. The van der Waals surface area contributed by atoms with Crippen molar-refractivity contribution in [3.63, 3.8) is 0 Å². The molecular formula is C10H12FNO2. The molecule has 0 aromatic heterocycles. The molecule has 1 aliphatic rings. The van der Waals surface area contributed by atoms with Gasteiger partial charge in [0.15, 0.2) is 0 Å². The zero-order valence-corrected chi connectivity index (χ0v) is 7.83. The first-order chi connectivity index (χ1) is 6.72. The molecule has 0 aliphatic carbocycles. The Kier molecular flexibility index (Phi) is 2.29. The number of nitrogens with one attached hydrogen (secondary N) is 1. The highest BCUT2D eigenvalue weighted by Gasteiger charge is 2.26. The van der Waals surface area contributed by atoms with E-state index in [0.717, 1.165) is 0 Å². The van der Waals surface area contributed by atoms with Crippen LogP contribution in [0.2, 0.25) is 0 Å². The van der Waals surface area contributed by atoms with Crippen LogP contribution in [-0.4, -0.2) is 23.9 Å². The van der Waals surface area contributed by atoms with E-state index >= 15 is 0 Å². The van der Waals surface area contributed by atoms with Gasteiger partial charge in [-0.05, 0) is 19.1 Å². The van der Waals surface area contributed by atoms with E-state index < -0.39 is 0 Å². The van der Waals surface area contributed by atoms with E-state index in [4.69, 9.17) is 9.84 Å². The van der Waals surface area contributed by atoms with Crippen molar-refractivity contribution in [3.05, 3.63) is 24.0 Å². The van der Waals surface area contributed by atoms with Crippen molar-refractivity contribution in [2.75, 3.05) is 11.9 Å². The first-order valence-corrected chi connectivity index (χ1v) is 4.55. The van der Waals surface area contributed by atoms with Gasteiger partial charge in [0.25, 0.3) is 0 Å². The zero-order chi connectivity index (χ0) is 10.1. The maximum absolute atomic E-state index is 13.3. The third-order valence-corrected chi connectivity index (χ3v) is 2.36. The molecule has 14 heavy (non-hydrogen) atoms. The van der Waals surface area contributed by atoms with Gasteiger partial charge in [-0.1, -0.05) is 6.07 Å². The molecule has 1 aromatic rings. The van der Waals surface area contributed by atoms with E-state index in [0.29, 0.717) is 11.4 Å². The number of aliphatic hydroxyl groups excluding tert-OH is 1. The molecule has 2 atom stereocenters. The van der Waals surface area contributed by atoms with Crippen molar-refractivity contribution in [2.45, 2.75) is 19.1 Å². The van der Waals surface area contributed by atoms with Crippen LogP contribution in [0.15, 0.2) is 18.2 Å². The summed E-state index contributed by atoms with van der Waals surface area (Å²) in [6.07, 6.45) is -0.315. The average molecular weight is 197 g/mol. The first-order valence-electron chi connectivity index (χ1n) is 4.55.